The monoisotopic (exact) mass is 255 g/mol. The summed E-state index contributed by atoms with van der Waals surface area (Å²) in [5.74, 6) is 0.0256. The third kappa shape index (κ3) is 1.78. The number of halogens is 1. The normalized spacial score (nSPS) is 21.3. The van der Waals surface area contributed by atoms with Crippen LogP contribution in [0.5, 0.6) is 0 Å². The van der Waals surface area contributed by atoms with Crippen molar-refractivity contribution in [2.24, 2.45) is 0 Å². The summed E-state index contributed by atoms with van der Waals surface area (Å²) < 4.78 is 1.16. The third-order valence-corrected chi connectivity index (χ3v) is 3.65. The van der Waals surface area contributed by atoms with E-state index in [1.807, 2.05) is 0 Å². The largest absolute Gasteiger partial charge is 0.325 e. The maximum atomic E-state index is 11.1. The topological polar surface area (TPSA) is 29.1 Å². The molecule has 14 heavy (non-hydrogen) atoms. The Hall–Kier alpha value is -0.570. The number of carbonyl (C=O) groups excluding carboxylic acids is 1. The molecule has 0 aliphatic heterocycles. The van der Waals surface area contributed by atoms with Crippen LogP contribution in [-0.2, 0) is 4.79 Å². The highest BCUT2D eigenvalue weighted by molar-refractivity contribution is 9.11. The van der Waals surface area contributed by atoms with Crippen LogP contribution in [0.3, 0.4) is 0 Å². The molecular formula is C11H14BrNO. The van der Waals surface area contributed by atoms with Gasteiger partial charge in [-0.3, -0.25) is 4.79 Å². The van der Waals surface area contributed by atoms with Gasteiger partial charge >= 0.3 is 0 Å². The molecule has 0 bridgehead atoms. The van der Waals surface area contributed by atoms with Gasteiger partial charge in [-0.1, -0.05) is 21.5 Å². The predicted octanol–water partition coefficient (Wildman–Crippen LogP) is 3.00. The molecule has 0 radical (unpaired) electrons. The Kier molecular flexibility index (Phi) is 2.77. The van der Waals surface area contributed by atoms with Crippen molar-refractivity contribution in [2.45, 2.75) is 39.0 Å². The molecule has 2 rings (SSSR count). The Morgan fingerprint density at radius 1 is 1.29 bits per heavy atom. The molecule has 1 amide bonds. The van der Waals surface area contributed by atoms with Gasteiger partial charge in [0.1, 0.15) is 0 Å². The lowest BCUT2D eigenvalue weighted by molar-refractivity contribution is -0.118. The second-order valence-electron chi connectivity index (χ2n) is 3.90. The average Bonchev–Trinajstić information content (AvgIpc) is 2.57. The first-order chi connectivity index (χ1) is 6.68. The van der Waals surface area contributed by atoms with Gasteiger partial charge in [-0.25, -0.2) is 0 Å². The van der Waals surface area contributed by atoms with Gasteiger partial charge in [0, 0.05) is 11.4 Å². The van der Waals surface area contributed by atoms with E-state index >= 15 is 0 Å². The molecule has 0 spiro atoms. The van der Waals surface area contributed by atoms with Crippen LogP contribution in [0.25, 0.3) is 0 Å². The van der Waals surface area contributed by atoms with Gasteiger partial charge in [0.25, 0.3) is 0 Å². The highest BCUT2D eigenvalue weighted by atomic mass is 79.9. The van der Waals surface area contributed by atoms with E-state index in [9.17, 15) is 4.79 Å². The van der Waals surface area contributed by atoms with Crippen molar-refractivity contribution in [1.82, 2.24) is 5.32 Å². The molecule has 2 aliphatic carbocycles. The molecule has 2 nitrogen and oxygen atoms in total. The van der Waals surface area contributed by atoms with E-state index in [0.717, 1.165) is 23.0 Å². The van der Waals surface area contributed by atoms with Crippen LogP contribution in [0.15, 0.2) is 21.3 Å². The number of hydrogen-bond donors (Lipinski definition) is 1. The fraction of sp³-hybridized carbons (Fsp3) is 0.545. The maximum Gasteiger partial charge on any atom is 0.221 e. The zero-order valence-electron chi connectivity index (χ0n) is 8.32. The molecule has 3 heteroatoms. The zero-order chi connectivity index (χ0) is 10.1. The van der Waals surface area contributed by atoms with E-state index in [2.05, 4.69) is 21.2 Å². The third-order valence-electron chi connectivity index (χ3n) is 2.85. The van der Waals surface area contributed by atoms with Crippen LogP contribution in [-0.4, -0.2) is 5.91 Å². The van der Waals surface area contributed by atoms with Crippen molar-refractivity contribution in [1.29, 1.82) is 0 Å². The molecule has 1 N–H and O–H groups in total. The van der Waals surface area contributed by atoms with Crippen molar-refractivity contribution in [3.05, 3.63) is 21.3 Å². The summed E-state index contributed by atoms with van der Waals surface area (Å²) in [5.41, 5.74) is 3.99. The first-order valence-electron chi connectivity index (χ1n) is 5.06. The van der Waals surface area contributed by atoms with Crippen LogP contribution in [0.4, 0.5) is 0 Å². The van der Waals surface area contributed by atoms with Crippen molar-refractivity contribution < 1.29 is 4.79 Å². The first-order valence-corrected chi connectivity index (χ1v) is 5.85. The van der Waals surface area contributed by atoms with E-state index in [4.69, 9.17) is 0 Å². The summed E-state index contributed by atoms with van der Waals surface area (Å²) >= 11 is 3.55. The number of nitrogens with one attached hydrogen (secondary N) is 1. The molecule has 0 heterocycles. The van der Waals surface area contributed by atoms with E-state index in [1.165, 1.54) is 24.8 Å². The number of hydrogen-bond acceptors (Lipinski definition) is 1. The maximum absolute atomic E-state index is 11.1. The van der Waals surface area contributed by atoms with Crippen molar-refractivity contribution in [3.63, 3.8) is 0 Å². The highest BCUT2D eigenvalue weighted by Crippen LogP contribution is 2.40. The molecule has 76 valence electrons. The smallest absolute Gasteiger partial charge is 0.221 e. The van der Waals surface area contributed by atoms with Gasteiger partial charge in [-0.15, -0.1) is 0 Å². The zero-order valence-corrected chi connectivity index (χ0v) is 9.91. The fourth-order valence-corrected chi connectivity index (χ4v) is 2.79. The van der Waals surface area contributed by atoms with Crippen molar-refractivity contribution in [2.75, 3.05) is 0 Å². The second kappa shape index (κ2) is 3.89. The Labute approximate surface area is 92.6 Å². The van der Waals surface area contributed by atoms with E-state index < -0.39 is 0 Å². The number of allylic oxidation sites excluding steroid dienone is 3. The highest BCUT2D eigenvalue weighted by Gasteiger charge is 2.24. The Morgan fingerprint density at radius 3 is 2.79 bits per heavy atom. The molecule has 0 fully saturated rings. The van der Waals surface area contributed by atoms with Gasteiger partial charge in [0.15, 0.2) is 0 Å². The SMILES string of the molecule is CC(=O)NC1=C(Br)CCC2=C1CCC2. The van der Waals surface area contributed by atoms with Crippen molar-refractivity contribution >= 4 is 21.8 Å². The minimum Gasteiger partial charge on any atom is -0.325 e. The molecule has 0 saturated heterocycles. The standard InChI is InChI=1S/C11H14BrNO/c1-7(14)13-11-9-4-2-3-8(9)5-6-10(11)12/h2-6H2,1H3,(H,13,14). The van der Waals surface area contributed by atoms with Crippen LogP contribution in [0, 0.1) is 0 Å². The Balaban J connectivity index is 2.29. The lowest BCUT2D eigenvalue weighted by Gasteiger charge is -2.19. The predicted molar refractivity (Wildman–Crippen MR) is 59.9 cm³/mol. The van der Waals surface area contributed by atoms with Crippen LogP contribution < -0.4 is 5.32 Å². The quantitative estimate of drug-likeness (QED) is 0.767. The van der Waals surface area contributed by atoms with E-state index in [-0.39, 0.29) is 5.91 Å². The first kappa shape index (κ1) is 9.97. The summed E-state index contributed by atoms with van der Waals surface area (Å²) in [6, 6.07) is 0. The fourth-order valence-electron chi connectivity index (χ4n) is 2.25. The molecule has 0 atom stereocenters. The summed E-state index contributed by atoms with van der Waals surface area (Å²) in [7, 11) is 0. The summed E-state index contributed by atoms with van der Waals surface area (Å²) in [5, 5.41) is 2.94. The average molecular weight is 256 g/mol. The van der Waals surface area contributed by atoms with Crippen LogP contribution in [0.2, 0.25) is 0 Å². The van der Waals surface area contributed by atoms with Gasteiger partial charge < -0.3 is 5.32 Å². The molecule has 0 unspecified atom stereocenters. The van der Waals surface area contributed by atoms with Gasteiger partial charge in [0.2, 0.25) is 5.91 Å². The minimum absolute atomic E-state index is 0.0256. The van der Waals surface area contributed by atoms with E-state index in [1.54, 1.807) is 12.5 Å². The molecule has 0 aromatic heterocycles. The summed E-state index contributed by atoms with van der Waals surface area (Å²) in [6.45, 7) is 1.57. The molecule has 0 saturated carbocycles. The number of rotatable bonds is 1. The Morgan fingerprint density at radius 2 is 2.07 bits per heavy atom. The number of amides is 1. The van der Waals surface area contributed by atoms with Gasteiger partial charge in [0.05, 0.1) is 5.70 Å². The summed E-state index contributed by atoms with van der Waals surface area (Å²) in [4.78, 5) is 11.1. The lowest BCUT2D eigenvalue weighted by atomic mass is 9.97. The van der Waals surface area contributed by atoms with Crippen molar-refractivity contribution in [3.8, 4) is 0 Å². The summed E-state index contributed by atoms with van der Waals surface area (Å²) in [6.07, 6.45) is 5.79. The van der Waals surface area contributed by atoms with Gasteiger partial charge in [-0.2, -0.15) is 0 Å². The molecular weight excluding hydrogens is 242 g/mol. The van der Waals surface area contributed by atoms with E-state index in [0.29, 0.717) is 0 Å². The molecule has 2 aliphatic rings. The Bertz CT molecular complexity index is 341. The van der Waals surface area contributed by atoms with Gasteiger partial charge in [-0.05, 0) is 37.7 Å². The molecule has 0 aromatic rings. The molecule has 0 aromatic carbocycles. The lowest BCUT2D eigenvalue weighted by Crippen LogP contribution is -2.22. The number of carbonyl (C=O) groups is 1. The minimum atomic E-state index is 0.0256. The van der Waals surface area contributed by atoms with Crippen LogP contribution in [0.1, 0.15) is 39.0 Å². The van der Waals surface area contributed by atoms with Crippen LogP contribution >= 0.6 is 15.9 Å². The second-order valence-corrected chi connectivity index (χ2v) is 4.85.